The molecule has 0 bridgehead atoms. The van der Waals surface area contributed by atoms with Gasteiger partial charge >= 0.3 is 0 Å². The van der Waals surface area contributed by atoms with Crippen molar-refractivity contribution in [2.75, 3.05) is 13.6 Å². The number of nitrogens with zero attached hydrogens (tertiary/aromatic N) is 1. The molecule has 2 heteroatoms. The first-order valence-corrected chi connectivity index (χ1v) is 8.55. The van der Waals surface area contributed by atoms with E-state index in [-0.39, 0.29) is 7.55 Å². The summed E-state index contributed by atoms with van der Waals surface area (Å²) in [5.74, 6) is 0. The van der Waals surface area contributed by atoms with Crippen molar-refractivity contribution < 1.29 is 0 Å². The summed E-state index contributed by atoms with van der Waals surface area (Å²) in [6, 6.07) is 22.7. The number of hydrogen-bond acceptors (Lipinski definition) is 1. The summed E-state index contributed by atoms with van der Waals surface area (Å²) in [5, 5.41) is 4.66. The number of hydrogen-bond donors (Lipinski definition) is 0. The van der Waals surface area contributed by atoms with Crippen LogP contribution in [0, 0.1) is 0 Å². The maximum absolute atomic E-state index is 2.47. The molecule has 2 aromatic carbocycles. The smallest absolute Gasteiger partial charge is 0.170 e. The van der Waals surface area contributed by atoms with E-state index in [2.05, 4.69) is 79.5 Å². The SMILES string of the molecule is CC1CC(=[P+](c2ccccc2)c2ccccc2)CN1C. The van der Waals surface area contributed by atoms with Crippen molar-refractivity contribution in [3.05, 3.63) is 60.7 Å². The zero-order chi connectivity index (χ0) is 13.9. The van der Waals surface area contributed by atoms with Crippen LogP contribution in [0.3, 0.4) is 0 Å². The summed E-state index contributed by atoms with van der Waals surface area (Å²) in [5.41, 5.74) is 0. The minimum absolute atomic E-state index is 0.330. The van der Waals surface area contributed by atoms with Crippen molar-refractivity contribution in [3.8, 4) is 0 Å². The Bertz CT molecular complexity index is 550. The third-order valence-corrected chi connectivity index (χ3v) is 6.65. The number of rotatable bonds is 2. The van der Waals surface area contributed by atoms with Gasteiger partial charge in [0.2, 0.25) is 0 Å². The van der Waals surface area contributed by atoms with Crippen LogP contribution < -0.4 is 10.6 Å². The van der Waals surface area contributed by atoms with Gasteiger partial charge in [0.1, 0.15) is 5.29 Å². The molecule has 1 aliphatic heterocycles. The van der Waals surface area contributed by atoms with Gasteiger partial charge in [-0.3, -0.25) is 4.90 Å². The molecule has 1 saturated heterocycles. The highest BCUT2D eigenvalue weighted by atomic mass is 31.1. The molecule has 0 saturated carbocycles. The first-order valence-electron chi connectivity index (χ1n) is 7.21. The molecule has 1 fully saturated rings. The summed E-state index contributed by atoms with van der Waals surface area (Å²) in [6.07, 6.45) is 1.23. The topological polar surface area (TPSA) is 3.24 Å². The Morgan fingerprint density at radius 3 is 1.80 bits per heavy atom. The van der Waals surface area contributed by atoms with E-state index in [4.69, 9.17) is 0 Å². The van der Waals surface area contributed by atoms with Gasteiger partial charge in [0, 0.05) is 12.5 Å². The molecule has 1 nitrogen and oxygen atoms in total. The van der Waals surface area contributed by atoms with E-state index in [1.807, 2.05) is 0 Å². The van der Waals surface area contributed by atoms with E-state index in [1.54, 1.807) is 5.29 Å². The van der Waals surface area contributed by atoms with Crippen molar-refractivity contribution >= 4 is 23.4 Å². The van der Waals surface area contributed by atoms with Crippen LogP contribution in [0.5, 0.6) is 0 Å². The van der Waals surface area contributed by atoms with Crippen LogP contribution >= 0.6 is 7.55 Å². The van der Waals surface area contributed by atoms with Gasteiger partial charge in [0.25, 0.3) is 0 Å². The van der Waals surface area contributed by atoms with Crippen molar-refractivity contribution in [1.29, 1.82) is 0 Å². The Balaban J connectivity index is 2.13. The molecule has 0 aromatic heterocycles. The van der Waals surface area contributed by atoms with Gasteiger partial charge in [0.05, 0.1) is 6.54 Å². The first kappa shape index (κ1) is 13.5. The van der Waals surface area contributed by atoms with Crippen molar-refractivity contribution in [2.45, 2.75) is 19.4 Å². The van der Waals surface area contributed by atoms with Gasteiger partial charge in [-0.15, -0.1) is 0 Å². The highest BCUT2D eigenvalue weighted by Gasteiger charge is 2.32. The second-order valence-electron chi connectivity index (χ2n) is 5.54. The molecule has 3 rings (SSSR count). The Morgan fingerprint density at radius 1 is 0.900 bits per heavy atom. The molecule has 0 radical (unpaired) electrons. The Hall–Kier alpha value is -1.43. The maximum atomic E-state index is 2.47. The van der Waals surface area contributed by atoms with E-state index >= 15 is 0 Å². The fourth-order valence-corrected chi connectivity index (χ4v) is 5.62. The summed E-state index contributed by atoms with van der Waals surface area (Å²) in [7, 11) is 1.91. The lowest BCUT2D eigenvalue weighted by atomic mass is 10.2. The van der Waals surface area contributed by atoms with Crippen LogP contribution in [0.1, 0.15) is 13.3 Å². The Kier molecular flexibility index (Phi) is 4.00. The number of benzene rings is 2. The lowest BCUT2D eigenvalue weighted by Crippen LogP contribution is -2.21. The van der Waals surface area contributed by atoms with E-state index in [9.17, 15) is 0 Å². The summed E-state index contributed by atoms with van der Waals surface area (Å²) in [4.78, 5) is 2.47. The predicted molar refractivity (Wildman–Crippen MR) is 90.8 cm³/mol. The average molecular weight is 282 g/mol. The van der Waals surface area contributed by atoms with Gasteiger partial charge in [-0.25, -0.2) is 0 Å². The van der Waals surface area contributed by atoms with Crippen molar-refractivity contribution in [1.82, 2.24) is 4.90 Å². The van der Waals surface area contributed by atoms with Gasteiger partial charge < -0.3 is 0 Å². The summed E-state index contributed by atoms with van der Waals surface area (Å²) < 4.78 is 0. The minimum Gasteiger partial charge on any atom is -0.296 e. The van der Waals surface area contributed by atoms with E-state index < -0.39 is 0 Å². The van der Waals surface area contributed by atoms with Gasteiger partial charge in [-0.1, -0.05) is 36.4 Å². The van der Waals surface area contributed by atoms with Gasteiger partial charge in [-0.2, -0.15) is 0 Å². The molecule has 2 aromatic rings. The molecule has 20 heavy (non-hydrogen) atoms. The monoisotopic (exact) mass is 282 g/mol. The largest absolute Gasteiger partial charge is 0.296 e. The Morgan fingerprint density at radius 2 is 1.40 bits per heavy atom. The van der Waals surface area contributed by atoms with Gasteiger partial charge in [-0.05, 0) is 38.2 Å². The molecule has 1 atom stereocenters. The fourth-order valence-electron chi connectivity index (χ4n) is 2.84. The normalized spacial score (nSPS) is 19.3. The van der Waals surface area contributed by atoms with E-state index in [1.165, 1.54) is 17.0 Å². The minimum atomic E-state index is -0.330. The molecular weight excluding hydrogens is 261 g/mol. The highest BCUT2D eigenvalue weighted by molar-refractivity contribution is 7.73. The molecule has 0 N–H and O–H groups in total. The van der Waals surface area contributed by atoms with Gasteiger partial charge in [0.15, 0.2) is 18.2 Å². The van der Waals surface area contributed by atoms with Crippen molar-refractivity contribution in [2.24, 2.45) is 0 Å². The molecule has 0 amide bonds. The van der Waals surface area contributed by atoms with Crippen LogP contribution in [0.25, 0.3) is 0 Å². The Labute approximate surface area is 122 Å². The quantitative estimate of drug-likeness (QED) is 0.765. The molecule has 1 aliphatic rings. The first-order chi connectivity index (χ1) is 9.75. The molecule has 0 aliphatic carbocycles. The third kappa shape index (κ3) is 2.70. The third-order valence-electron chi connectivity index (χ3n) is 4.06. The summed E-state index contributed by atoms with van der Waals surface area (Å²) >= 11 is 0. The number of likely N-dealkylation sites (tertiary alicyclic amines) is 1. The van der Waals surface area contributed by atoms with E-state index in [0.29, 0.717) is 6.04 Å². The zero-order valence-electron chi connectivity index (χ0n) is 12.2. The summed E-state index contributed by atoms with van der Waals surface area (Å²) in [6.45, 7) is 3.47. The average Bonchev–Trinajstić information content (AvgIpc) is 2.81. The maximum Gasteiger partial charge on any atom is 0.170 e. The molecule has 0 spiro atoms. The molecule has 1 heterocycles. The fraction of sp³-hybridized carbons (Fsp3) is 0.278. The lowest BCUT2D eigenvalue weighted by Gasteiger charge is -2.10. The second kappa shape index (κ2) is 5.91. The van der Waals surface area contributed by atoms with Crippen LogP contribution in [-0.4, -0.2) is 29.8 Å². The molecular formula is C18H21NP+. The molecule has 102 valence electrons. The van der Waals surface area contributed by atoms with Crippen LogP contribution in [0.2, 0.25) is 0 Å². The van der Waals surface area contributed by atoms with Crippen LogP contribution in [-0.2, 0) is 0 Å². The van der Waals surface area contributed by atoms with Crippen LogP contribution in [0.4, 0.5) is 0 Å². The van der Waals surface area contributed by atoms with E-state index in [0.717, 1.165) is 6.54 Å². The molecule has 1 unspecified atom stereocenters. The van der Waals surface area contributed by atoms with Crippen LogP contribution in [0.15, 0.2) is 60.7 Å². The predicted octanol–water partition coefficient (Wildman–Crippen LogP) is 3.02. The van der Waals surface area contributed by atoms with Crippen molar-refractivity contribution in [3.63, 3.8) is 0 Å². The second-order valence-corrected chi connectivity index (χ2v) is 7.88. The highest BCUT2D eigenvalue weighted by Crippen LogP contribution is 2.30. The zero-order valence-corrected chi connectivity index (χ0v) is 13.1. The lowest BCUT2D eigenvalue weighted by molar-refractivity contribution is 0.334. The standard InChI is InChI=1S/C18H21NP/c1-15-13-18(14-19(15)2)20(16-9-5-3-6-10-16)17-11-7-4-8-12-17/h3-12,15H,13-14H2,1-2H3/q+1.